The Balaban J connectivity index is 1.66. The van der Waals surface area contributed by atoms with Crippen molar-refractivity contribution in [3.05, 3.63) is 65.0 Å². The SMILES string of the molecule is Cc1cc(F)ccc1OCC1Cc2ccccc21. The molecule has 1 unspecified atom stereocenters. The number of benzene rings is 2. The molecular weight excluding hydrogens is 227 g/mol. The van der Waals surface area contributed by atoms with Gasteiger partial charge in [-0.2, -0.15) is 0 Å². The molecule has 1 atom stereocenters. The van der Waals surface area contributed by atoms with E-state index >= 15 is 0 Å². The fourth-order valence-corrected chi connectivity index (χ4v) is 2.48. The van der Waals surface area contributed by atoms with Crippen molar-refractivity contribution >= 4 is 0 Å². The molecule has 0 spiro atoms. The molecule has 1 nitrogen and oxygen atoms in total. The predicted octanol–water partition coefficient (Wildman–Crippen LogP) is 3.85. The van der Waals surface area contributed by atoms with Gasteiger partial charge in [-0.05, 0) is 48.2 Å². The first-order valence-electron chi connectivity index (χ1n) is 6.21. The molecule has 0 heterocycles. The van der Waals surface area contributed by atoms with Crippen LogP contribution in [0.3, 0.4) is 0 Å². The second-order valence-corrected chi connectivity index (χ2v) is 4.82. The van der Waals surface area contributed by atoms with Crippen molar-refractivity contribution in [2.75, 3.05) is 6.61 Å². The first-order chi connectivity index (χ1) is 8.74. The van der Waals surface area contributed by atoms with Crippen LogP contribution in [0.5, 0.6) is 5.75 Å². The quantitative estimate of drug-likeness (QED) is 0.794. The molecule has 0 bridgehead atoms. The summed E-state index contributed by atoms with van der Waals surface area (Å²) in [5.74, 6) is 1.04. The third kappa shape index (κ3) is 1.99. The minimum Gasteiger partial charge on any atom is -0.493 e. The van der Waals surface area contributed by atoms with Gasteiger partial charge in [-0.25, -0.2) is 4.39 Å². The summed E-state index contributed by atoms with van der Waals surface area (Å²) in [7, 11) is 0. The molecule has 2 aromatic carbocycles. The molecule has 1 aliphatic carbocycles. The van der Waals surface area contributed by atoms with Gasteiger partial charge in [0, 0.05) is 5.92 Å². The van der Waals surface area contributed by atoms with E-state index in [4.69, 9.17) is 4.74 Å². The smallest absolute Gasteiger partial charge is 0.123 e. The molecule has 0 radical (unpaired) electrons. The third-order valence-electron chi connectivity index (χ3n) is 3.54. The lowest BCUT2D eigenvalue weighted by Gasteiger charge is -2.30. The van der Waals surface area contributed by atoms with E-state index in [9.17, 15) is 4.39 Å². The largest absolute Gasteiger partial charge is 0.493 e. The van der Waals surface area contributed by atoms with Crippen molar-refractivity contribution < 1.29 is 9.13 Å². The molecule has 0 fully saturated rings. The number of fused-ring (bicyclic) bond motifs is 1. The lowest BCUT2D eigenvalue weighted by Crippen LogP contribution is -2.23. The molecule has 0 saturated carbocycles. The van der Waals surface area contributed by atoms with Gasteiger partial charge in [0.1, 0.15) is 11.6 Å². The number of aryl methyl sites for hydroxylation is 1. The van der Waals surface area contributed by atoms with Crippen molar-refractivity contribution in [1.29, 1.82) is 0 Å². The van der Waals surface area contributed by atoms with Crippen LogP contribution < -0.4 is 4.74 Å². The monoisotopic (exact) mass is 242 g/mol. The lowest BCUT2D eigenvalue weighted by atomic mass is 9.78. The molecule has 0 aliphatic heterocycles. The number of rotatable bonds is 3. The zero-order valence-electron chi connectivity index (χ0n) is 10.3. The molecule has 0 aromatic heterocycles. The van der Waals surface area contributed by atoms with E-state index in [0.29, 0.717) is 12.5 Å². The van der Waals surface area contributed by atoms with Crippen LogP contribution in [0.2, 0.25) is 0 Å². The summed E-state index contributed by atoms with van der Waals surface area (Å²) in [5.41, 5.74) is 3.65. The van der Waals surface area contributed by atoms with Gasteiger partial charge in [0.2, 0.25) is 0 Å². The van der Waals surface area contributed by atoms with E-state index in [0.717, 1.165) is 17.7 Å². The van der Waals surface area contributed by atoms with Crippen LogP contribution in [0.25, 0.3) is 0 Å². The van der Waals surface area contributed by atoms with Crippen LogP contribution in [-0.4, -0.2) is 6.61 Å². The zero-order chi connectivity index (χ0) is 12.5. The molecule has 0 N–H and O–H groups in total. The van der Waals surface area contributed by atoms with Gasteiger partial charge in [-0.1, -0.05) is 24.3 Å². The summed E-state index contributed by atoms with van der Waals surface area (Å²) in [4.78, 5) is 0. The zero-order valence-corrected chi connectivity index (χ0v) is 10.3. The van der Waals surface area contributed by atoms with Crippen molar-refractivity contribution in [1.82, 2.24) is 0 Å². The molecule has 0 saturated heterocycles. The van der Waals surface area contributed by atoms with Crippen LogP contribution in [-0.2, 0) is 6.42 Å². The molecule has 3 rings (SSSR count). The summed E-state index contributed by atoms with van der Waals surface area (Å²) in [6.45, 7) is 2.54. The minimum atomic E-state index is -0.214. The molecule has 2 aromatic rings. The van der Waals surface area contributed by atoms with Gasteiger partial charge in [-0.15, -0.1) is 0 Å². The van der Waals surface area contributed by atoms with E-state index in [2.05, 4.69) is 24.3 Å². The van der Waals surface area contributed by atoms with Gasteiger partial charge in [0.05, 0.1) is 6.61 Å². The Hall–Kier alpha value is -1.83. The van der Waals surface area contributed by atoms with Crippen LogP contribution in [0, 0.1) is 12.7 Å². The second-order valence-electron chi connectivity index (χ2n) is 4.82. The number of hydrogen-bond acceptors (Lipinski definition) is 1. The lowest BCUT2D eigenvalue weighted by molar-refractivity contribution is 0.273. The number of halogens is 1. The highest BCUT2D eigenvalue weighted by Crippen LogP contribution is 2.35. The number of ether oxygens (including phenoxy) is 1. The maximum atomic E-state index is 13.0. The van der Waals surface area contributed by atoms with E-state index < -0.39 is 0 Å². The maximum Gasteiger partial charge on any atom is 0.123 e. The van der Waals surface area contributed by atoms with E-state index in [1.807, 2.05) is 6.92 Å². The summed E-state index contributed by atoms with van der Waals surface area (Å²) >= 11 is 0. The molecule has 92 valence electrons. The summed E-state index contributed by atoms with van der Waals surface area (Å²) in [5, 5.41) is 0. The second kappa shape index (κ2) is 4.45. The topological polar surface area (TPSA) is 9.23 Å². The normalized spacial score (nSPS) is 16.9. The minimum absolute atomic E-state index is 0.214. The van der Waals surface area contributed by atoms with E-state index in [-0.39, 0.29) is 5.82 Å². The Bertz CT molecular complexity index is 577. The molecule has 2 heteroatoms. The third-order valence-corrected chi connectivity index (χ3v) is 3.54. The van der Waals surface area contributed by atoms with Crippen molar-refractivity contribution in [2.24, 2.45) is 0 Å². The Morgan fingerprint density at radius 3 is 2.83 bits per heavy atom. The average Bonchev–Trinajstić information content (AvgIpc) is 2.33. The van der Waals surface area contributed by atoms with E-state index in [1.54, 1.807) is 6.07 Å². The first kappa shape index (κ1) is 11.3. The van der Waals surface area contributed by atoms with Crippen LogP contribution in [0.1, 0.15) is 22.6 Å². The summed E-state index contributed by atoms with van der Waals surface area (Å²) < 4.78 is 18.8. The van der Waals surface area contributed by atoms with Crippen LogP contribution in [0.4, 0.5) is 4.39 Å². The summed E-state index contributed by atoms with van der Waals surface area (Å²) in [6.07, 6.45) is 1.08. The Labute approximate surface area is 106 Å². The Morgan fingerprint density at radius 1 is 1.22 bits per heavy atom. The average molecular weight is 242 g/mol. The van der Waals surface area contributed by atoms with Gasteiger partial charge >= 0.3 is 0 Å². The highest BCUT2D eigenvalue weighted by molar-refractivity contribution is 5.40. The van der Waals surface area contributed by atoms with Gasteiger partial charge < -0.3 is 4.74 Å². The molecular formula is C16H15FO. The van der Waals surface area contributed by atoms with Gasteiger partial charge in [0.15, 0.2) is 0 Å². The fraction of sp³-hybridized carbons (Fsp3) is 0.250. The van der Waals surface area contributed by atoms with Crippen molar-refractivity contribution in [3.8, 4) is 5.75 Å². The van der Waals surface area contributed by atoms with E-state index in [1.165, 1.54) is 23.3 Å². The maximum absolute atomic E-state index is 13.0. The Morgan fingerprint density at radius 2 is 2.06 bits per heavy atom. The van der Waals surface area contributed by atoms with Crippen molar-refractivity contribution in [3.63, 3.8) is 0 Å². The number of hydrogen-bond donors (Lipinski definition) is 0. The van der Waals surface area contributed by atoms with Crippen LogP contribution >= 0.6 is 0 Å². The highest BCUT2D eigenvalue weighted by Gasteiger charge is 2.25. The standard InChI is InChI=1S/C16H15FO/c1-11-8-14(17)6-7-16(11)18-10-13-9-12-4-2-3-5-15(12)13/h2-8,13H,9-10H2,1H3. The van der Waals surface area contributed by atoms with Gasteiger partial charge in [-0.3, -0.25) is 0 Å². The molecule has 1 aliphatic rings. The van der Waals surface area contributed by atoms with Gasteiger partial charge in [0.25, 0.3) is 0 Å². The van der Waals surface area contributed by atoms with Crippen molar-refractivity contribution in [2.45, 2.75) is 19.3 Å². The Kier molecular flexibility index (Phi) is 2.78. The molecule has 0 amide bonds. The predicted molar refractivity (Wildman–Crippen MR) is 69.5 cm³/mol. The first-order valence-corrected chi connectivity index (χ1v) is 6.21. The van der Waals surface area contributed by atoms with Crippen LogP contribution in [0.15, 0.2) is 42.5 Å². The summed E-state index contributed by atoms with van der Waals surface area (Å²) in [6, 6.07) is 13.1. The highest BCUT2D eigenvalue weighted by atomic mass is 19.1. The fourth-order valence-electron chi connectivity index (χ4n) is 2.48. The molecule has 18 heavy (non-hydrogen) atoms.